The molecule has 4 nitrogen and oxygen atoms in total. The highest BCUT2D eigenvalue weighted by Gasteiger charge is 2.06. The van der Waals surface area contributed by atoms with Crippen molar-refractivity contribution in [2.24, 2.45) is 0 Å². The summed E-state index contributed by atoms with van der Waals surface area (Å²) in [4.78, 5) is 8.69. The summed E-state index contributed by atoms with van der Waals surface area (Å²) < 4.78 is 5.38. The van der Waals surface area contributed by atoms with Gasteiger partial charge in [0.1, 0.15) is 11.6 Å². The molecule has 0 aliphatic heterocycles. The zero-order chi connectivity index (χ0) is 13.8. The van der Waals surface area contributed by atoms with Gasteiger partial charge < -0.3 is 10.1 Å². The lowest BCUT2D eigenvalue weighted by atomic mass is 10.1. The number of aromatic nitrogens is 2. The van der Waals surface area contributed by atoms with E-state index in [2.05, 4.69) is 21.4 Å². The number of thiazole rings is 1. The van der Waals surface area contributed by atoms with Crippen LogP contribution >= 0.6 is 11.3 Å². The van der Waals surface area contributed by atoms with Gasteiger partial charge in [-0.05, 0) is 12.1 Å². The van der Waals surface area contributed by atoms with Crippen molar-refractivity contribution in [3.05, 3.63) is 47.0 Å². The van der Waals surface area contributed by atoms with Gasteiger partial charge in [-0.15, -0.1) is 11.3 Å². The number of hydrogen-bond donors (Lipinski definition) is 1. The van der Waals surface area contributed by atoms with E-state index in [0.29, 0.717) is 0 Å². The molecule has 3 rings (SSSR count). The molecule has 1 aromatic carbocycles. The zero-order valence-electron chi connectivity index (χ0n) is 11.2. The highest BCUT2D eigenvalue weighted by atomic mass is 32.1. The van der Waals surface area contributed by atoms with Gasteiger partial charge in [0, 0.05) is 41.5 Å². The maximum Gasteiger partial charge on any atom is 0.133 e. The van der Waals surface area contributed by atoms with Gasteiger partial charge in [-0.3, -0.25) is 0 Å². The fourth-order valence-electron chi connectivity index (χ4n) is 2.16. The first-order chi connectivity index (χ1) is 9.88. The van der Waals surface area contributed by atoms with Crippen LogP contribution in [0, 0.1) is 0 Å². The van der Waals surface area contributed by atoms with Crippen LogP contribution in [0.2, 0.25) is 0 Å². The average Bonchev–Trinajstić information content (AvgIpc) is 3.00. The Balaban J connectivity index is 1.81. The minimum Gasteiger partial charge on any atom is -0.496 e. The SMILES string of the molecule is COc1cccc2c(NCCc3nccs3)nccc12. The van der Waals surface area contributed by atoms with Gasteiger partial charge in [-0.1, -0.05) is 12.1 Å². The molecule has 3 aromatic rings. The van der Waals surface area contributed by atoms with Gasteiger partial charge in [0.2, 0.25) is 0 Å². The second kappa shape index (κ2) is 5.88. The molecule has 2 heterocycles. The van der Waals surface area contributed by atoms with Crippen LogP contribution in [0.4, 0.5) is 5.82 Å². The van der Waals surface area contributed by atoms with Crippen LogP contribution in [0.3, 0.4) is 0 Å². The molecule has 0 aliphatic rings. The molecule has 2 aromatic heterocycles. The standard InChI is InChI=1S/C15H15N3OS/c1-19-13-4-2-3-12-11(13)5-7-17-15(12)18-8-6-14-16-9-10-20-14/h2-5,7,9-10H,6,8H2,1H3,(H,17,18). The Labute approximate surface area is 121 Å². The molecule has 0 saturated carbocycles. The molecule has 0 saturated heterocycles. The third-order valence-electron chi connectivity index (χ3n) is 3.10. The predicted octanol–water partition coefficient (Wildman–Crippen LogP) is 3.35. The summed E-state index contributed by atoms with van der Waals surface area (Å²) >= 11 is 1.68. The molecule has 0 atom stereocenters. The molecule has 0 bridgehead atoms. The van der Waals surface area contributed by atoms with E-state index in [9.17, 15) is 0 Å². The van der Waals surface area contributed by atoms with E-state index >= 15 is 0 Å². The van der Waals surface area contributed by atoms with Crippen LogP contribution < -0.4 is 10.1 Å². The average molecular weight is 285 g/mol. The molecule has 0 fully saturated rings. The van der Waals surface area contributed by atoms with E-state index in [0.717, 1.165) is 40.3 Å². The van der Waals surface area contributed by atoms with E-state index in [1.165, 1.54) is 0 Å². The van der Waals surface area contributed by atoms with E-state index in [4.69, 9.17) is 4.74 Å². The lowest BCUT2D eigenvalue weighted by Gasteiger charge is -2.10. The van der Waals surface area contributed by atoms with Crippen LogP contribution in [-0.2, 0) is 6.42 Å². The van der Waals surface area contributed by atoms with E-state index in [1.807, 2.05) is 29.8 Å². The topological polar surface area (TPSA) is 47.0 Å². The minimum atomic E-state index is 0.816. The summed E-state index contributed by atoms with van der Waals surface area (Å²) in [7, 11) is 1.69. The van der Waals surface area contributed by atoms with Crippen LogP contribution in [-0.4, -0.2) is 23.6 Å². The van der Waals surface area contributed by atoms with Gasteiger partial charge >= 0.3 is 0 Å². The minimum absolute atomic E-state index is 0.816. The van der Waals surface area contributed by atoms with Crippen molar-refractivity contribution in [2.45, 2.75) is 6.42 Å². The Morgan fingerprint density at radius 3 is 2.90 bits per heavy atom. The molecule has 1 N–H and O–H groups in total. The molecule has 5 heteroatoms. The number of nitrogens with one attached hydrogen (secondary N) is 1. The summed E-state index contributed by atoms with van der Waals surface area (Å²) in [5.41, 5.74) is 0. The van der Waals surface area contributed by atoms with Gasteiger partial charge in [0.05, 0.1) is 12.1 Å². The third kappa shape index (κ3) is 2.58. The lowest BCUT2D eigenvalue weighted by Crippen LogP contribution is -2.06. The second-order valence-electron chi connectivity index (χ2n) is 4.32. The normalized spacial score (nSPS) is 10.7. The molecular formula is C15H15N3OS. The number of rotatable bonds is 5. The Kier molecular flexibility index (Phi) is 3.78. The van der Waals surface area contributed by atoms with Crippen LogP contribution in [0.15, 0.2) is 42.0 Å². The Morgan fingerprint density at radius 1 is 1.15 bits per heavy atom. The summed E-state index contributed by atoms with van der Waals surface area (Å²) in [6, 6.07) is 7.97. The smallest absolute Gasteiger partial charge is 0.133 e. The summed E-state index contributed by atoms with van der Waals surface area (Å²) in [5, 5.41) is 8.65. The summed E-state index contributed by atoms with van der Waals surface area (Å²) in [6.45, 7) is 0.816. The van der Waals surface area contributed by atoms with Crippen molar-refractivity contribution >= 4 is 27.9 Å². The summed E-state index contributed by atoms with van der Waals surface area (Å²) in [6.07, 6.45) is 4.54. The molecule has 0 unspecified atom stereocenters. The van der Waals surface area contributed by atoms with Gasteiger partial charge in [-0.2, -0.15) is 0 Å². The number of methoxy groups -OCH3 is 1. The number of anilines is 1. The summed E-state index contributed by atoms with van der Waals surface area (Å²) in [5.74, 6) is 1.76. The number of benzene rings is 1. The van der Waals surface area contributed by atoms with Crippen LogP contribution in [0.25, 0.3) is 10.8 Å². The Hall–Kier alpha value is -2.14. The molecule has 0 spiro atoms. The van der Waals surface area contributed by atoms with E-state index in [-0.39, 0.29) is 0 Å². The highest BCUT2D eigenvalue weighted by molar-refractivity contribution is 7.09. The number of pyridine rings is 1. The first-order valence-corrected chi connectivity index (χ1v) is 7.30. The Bertz CT molecular complexity index is 697. The van der Waals surface area contributed by atoms with E-state index in [1.54, 1.807) is 24.6 Å². The van der Waals surface area contributed by atoms with Crippen molar-refractivity contribution in [3.8, 4) is 5.75 Å². The van der Waals surface area contributed by atoms with Crippen molar-refractivity contribution in [1.29, 1.82) is 0 Å². The van der Waals surface area contributed by atoms with Crippen molar-refractivity contribution in [2.75, 3.05) is 19.0 Å². The van der Waals surface area contributed by atoms with Crippen LogP contribution in [0.1, 0.15) is 5.01 Å². The molecular weight excluding hydrogens is 270 g/mol. The van der Waals surface area contributed by atoms with E-state index < -0.39 is 0 Å². The number of nitrogens with zero attached hydrogens (tertiary/aromatic N) is 2. The number of hydrogen-bond acceptors (Lipinski definition) is 5. The second-order valence-corrected chi connectivity index (χ2v) is 5.30. The van der Waals surface area contributed by atoms with Crippen molar-refractivity contribution in [3.63, 3.8) is 0 Å². The zero-order valence-corrected chi connectivity index (χ0v) is 12.0. The molecule has 0 amide bonds. The fraction of sp³-hybridized carbons (Fsp3) is 0.200. The van der Waals surface area contributed by atoms with Gasteiger partial charge in [0.25, 0.3) is 0 Å². The number of fused-ring (bicyclic) bond motifs is 1. The predicted molar refractivity (Wildman–Crippen MR) is 82.6 cm³/mol. The molecule has 0 aliphatic carbocycles. The first-order valence-electron chi connectivity index (χ1n) is 6.42. The van der Waals surface area contributed by atoms with Crippen molar-refractivity contribution in [1.82, 2.24) is 9.97 Å². The highest BCUT2D eigenvalue weighted by Crippen LogP contribution is 2.28. The molecule has 102 valence electrons. The third-order valence-corrected chi connectivity index (χ3v) is 3.94. The Morgan fingerprint density at radius 2 is 2.10 bits per heavy atom. The molecule has 20 heavy (non-hydrogen) atoms. The largest absolute Gasteiger partial charge is 0.496 e. The van der Waals surface area contributed by atoms with Crippen LogP contribution in [0.5, 0.6) is 5.75 Å². The number of ether oxygens (including phenoxy) is 1. The fourth-order valence-corrected chi connectivity index (χ4v) is 2.78. The van der Waals surface area contributed by atoms with Gasteiger partial charge in [0.15, 0.2) is 0 Å². The van der Waals surface area contributed by atoms with Crippen molar-refractivity contribution < 1.29 is 4.74 Å². The van der Waals surface area contributed by atoms with Gasteiger partial charge in [-0.25, -0.2) is 9.97 Å². The maximum atomic E-state index is 5.38. The maximum absolute atomic E-state index is 5.38. The molecule has 0 radical (unpaired) electrons. The lowest BCUT2D eigenvalue weighted by molar-refractivity contribution is 0.420. The monoisotopic (exact) mass is 285 g/mol. The quantitative estimate of drug-likeness (QED) is 0.781. The first kappa shape index (κ1) is 12.9.